The molecule has 3 rings (SSSR count). The molecule has 2 atom stereocenters. The number of amides is 2. The Morgan fingerprint density at radius 1 is 1.12 bits per heavy atom. The number of benzene rings is 1. The molecule has 1 aromatic carbocycles. The fraction of sp³-hybridized carbons (Fsp3) is 0.579. The lowest BCUT2D eigenvalue weighted by atomic mass is 9.67. The number of rotatable bonds is 4. The number of nitrogens with one attached hydrogen (secondary N) is 2. The van der Waals surface area contributed by atoms with E-state index in [0.29, 0.717) is 30.3 Å². The van der Waals surface area contributed by atoms with Crippen LogP contribution in [0.4, 0.5) is 5.69 Å². The summed E-state index contributed by atoms with van der Waals surface area (Å²) in [5.74, 6) is 1.07. The highest BCUT2D eigenvalue weighted by molar-refractivity contribution is 5.88. The molecule has 0 saturated heterocycles. The maximum Gasteiger partial charge on any atom is 0.224 e. The third-order valence-corrected chi connectivity index (χ3v) is 5.34. The van der Waals surface area contributed by atoms with Crippen molar-refractivity contribution in [3.05, 3.63) is 29.8 Å². The molecule has 5 nitrogen and oxygen atoms in total. The number of anilines is 1. The van der Waals surface area contributed by atoms with Gasteiger partial charge in [0.2, 0.25) is 11.8 Å². The van der Waals surface area contributed by atoms with E-state index in [1.807, 2.05) is 24.3 Å². The van der Waals surface area contributed by atoms with Crippen LogP contribution >= 0.6 is 0 Å². The zero-order valence-corrected chi connectivity index (χ0v) is 14.3. The average Bonchev–Trinajstić information content (AvgIpc) is 2.49. The first-order valence-corrected chi connectivity index (χ1v) is 8.92. The van der Waals surface area contributed by atoms with Crippen molar-refractivity contribution in [3.63, 3.8) is 0 Å². The van der Waals surface area contributed by atoms with Gasteiger partial charge >= 0.3 is 0 Å². The van der Waals surface area contributed by atoms with Gasteiger partial charge in [-0.1, -0.05) is 18.6 Å². The number of carbonyl (C=O) groups excluding carboxylic acids is 2. The van der Waals surface area contributed by atoms with E-state index < -0.39 is 0 Å². The third kappa shape index (κ3) is 4.15. The molecule has 2 saturated carbocycles. The summed E-state index contributed by atoms with van der Waals surface area (Å²) in [7, 11) is 0. The average molecular weight is 329 g/mol. The van der Waals surface area contributed by atoms with Crippen molar-refractivity contribution in [2.75, 3.05) is 5.32 Å². The van der Waals surface area contributed by atoms with Crippen LogP contribution in [0.5, 0.6) is 0 Å². The van der Waals surface area contributed by atoms with E-state index >= 15 is 0 Å². The molecule has 2 aliphatic carbocycles. The highest BCUT2D eigenvalue weighted by Gasteiger charge is 2.39. The van der Waals surface area contributed by atoms with Gasteiger partial charge in [-0.3, -0.25) is 9.59 Å². The Balaban J connectivity index is 1.56. The van der Waals surface area contributed by atoms with Crippen molar-refractivity contribution >= 4 is 17.5 Å². The fourth-order valence-electron chi connectivity index (χ4n) is 4.36. The van der Waals surface area contributed by atoms with E-state index in [0.717, 1.165) is 24.1 Å². The van der Waals surface area contributed by atoms with Crippen LogP contribution in [0.1, 0.15) is 44.6 Å². The van der Waals surface area contributed by atoms with Gasteiger partial charge in [0.05, 0.1) is 6.42 Å². The van der Waals surface area contributed by atoms with Crippen molar-refractivity contribution in [2.24, 2.45) is 17.6 Å². The molecule has 2 unspecified atom stereocenters. The van der Waals surface area contributed by atoms with Gasteiger partial charge in [-0.2, -0.15) is 0 Å². The summed E-state index contributed by atoms with van der Waals surface area (Å²) in [6.07, 6.45) is 6.07. The second-order valence-electron chi connectivity index (χ2n) is 7.33. The molecule has 2 amide bonds. The number of fused-ring (bicyclic) bond motifs is 2. The number of hydrogen-bond acceptors (Lipinski definition) is 3. The first-order chi connectivity index (χ1) is 11.5. The molecule has 4 N–H and O–H groups in total. The lowest BCUT2D eigenvalue weighted by Gasteiger charge is -2.45. The molecule has 0 heterocycles. The number of carbonyl (C=O) groups is 2. The normalized spacial score (nSPS) is 28.9. The molecule has 24 heavy (non-hydrogen) atoms. The van der Waals surface area contributed by atoms with Gasteiger partial charge in [0.1, 0.15) is 0 Å². The molecule has 2 fully saturated rings. The first-order valence-electron chi connectivity index (χ1n) is 8.92. The van der Waals surface area contributed by atoms with Gasteiger partial charge in [-0.25, -0.2) is 0 Å². The van der Waals surface area contributed by atoms with Crippen LogP contribution in [0.25, 0.3) is 0 Å². The van der Waals surface area contributed by atoms with Gasteiger partial charge in [0, 0.05) is 24.7 Å². The SMILES string of the molecule is CC(=O)Nc1ccc(CC(=O)NC2C3CCCC2CC(N)C3)cc1. The van der Waals surface area contributed by atoms with Crippen LogP contribution in [0.2, 0.25) is 0 Å². The summed E-state index contributed by atoms with van der Waals surface area (Å²) >= 11 is 0. The summed E-state index contributed by atoms with van der Waals surface area (Å²) in [4.78, 5) is 23.5. The molecule has 5 heteroatoms. The maximum absolute atomic E-state index is 12.4. The van der Waals surface area contributed by atoms with Crippen LogP contribution in [0.15, 0.2) is 24.3 Å². The minimum Gasteiger partial charge on any atom is -0.353 e. The quantitative estimate of drug-likeness (QED) is 0.792. The predicted molar refractivity (Wildman–Crippen MR) is 94.4 cm³/mol. The standard InChI is InChI=1S/C19H27N3O2/c1-12(23)21-17-7-5-13(6-8-17)9-18(24)22-19-14-3-2-4-15(19)11-16(20)10-14/h5-8,14-16,19H,2-4,9-11,20H2,1H3,(H,21,23)(H,22,24). The van der Waals surface area contributed by atoms with Crippen molar-refractivity contribution in [2.45, 2.75) is 57.5 Å². The van der Waals surface area contributed by atoms with Gasteiger partial charge in [-0.15, -0.1) is 0 Å². The molecule has 0 spiro atoms. The summed E-state index contributed by atoms with van der Waals surface area (Å²) in [6, 6.07) is 8.04. The lowest BCUT2D eigenvalue weighted by Crippen LogP contribution is -2.54. The Bertz CT molecular complexity index is 585. The van der Waals surface area contributed by atoms with E-state index in [2.05, 4.69) is 10.6 Å². The number of hydrogen-bond donors (Lipinski definition) is 3. The van der Waals surface area contributed by atoms with E-state index in [1.165, 1.54) is 26.2 Å². The monoisotopic (exact) mass is 329 g/mol. The van der Waals surface area contributed by atoms with Gasteiger partial charge in [0.15, 0.2) is 0 Å². The summed E-state index contributed by atoms with van der Waals surface area (Å²) < 4.78 is 0. The Hall–Kier alpha value is -1.88. The summed E-state index contributed by atoms with van der Waals surface area (Å²) in [5.41, 5.74) is 7.86. The highest BCUT2D eigenvalue weighted by Crippen LogP contribution is 2.39. The Labute approximate surface area is 143 Å². The second kappa shape index (κ2) is 7.34. The third-order valence-electron chi connectivity index (χ3n) is 5.34. The Kier molecular flexibility index (Phi) is 5.19. The zero-order chi connectivity index (χ0) is 17.1. The molecule has 1 aromatic rings. The molecule has 130 valence electrons. The van der Waals surface area contributed by atoms with E-state index in [4.69, 9.17) is 5.73 Å². The Morgan fingerprint density at radius 2 is 1.75 bits per heavy atom. The van der Waals surface area contributed by atoms with Gasteiger partial charge in [-0.05, 0) is 55.2 Å². The van der Waals surface area contributed by atoms with Crippen LogP contribution in [0, 0.1) is 11.8 Å². The van der Waals surface area contributed by atoms with Crippen molar-refractivity contribution < 1.29 is 9.59 Å². The van der Waals surface area contributed by atoms with E-state index in [9.17, 15) is 9.59 Å². The van der Waals surface area contributed by atoms with Gasteiger partial charge < -0.3 is 16.4 Å². The molecule has 0 aliphatic heterocycles. The van der Waals surface area contributed by atoms with Crippen LogP contribution in [0.3, 0.4) is 0 Å². The van der Waals surface area contributed by atoms with Gasteiger partial charge in [0.25, 0.3) is 0 Å². The highest BCUT2D eigenvalue weighted by atomic mass is 16.2. The van der Waals surface area contributed by atoms with Crippen molar-refractivity contribution in [3.8, 4) is 0 Å². The molecule has 2 aliphatic rings. The van der Waals surface area contributed by atoms with Crippen LogP contribution < -0.4 is 16.4 Å². The maximum atomic E-state index is 12.4. The lowest BCUT2D eigenvalue weighted by molar-refractivity contribution is -0.122. The first kappa shape index (κ1) is 17.0. The topological polar surface area (TPSA) is 84.2 Å². The smallest absolute Gasteiger partial charge is 0.224 e. The van der Waals surface area contributed by atoms with Crippen molar-refractivity contribution in [1.82, 2.24) is 5.32 Å². The van der Waals surface area contributed by atoms with Crippen LogP contribution in [-0.4, -0.2) is 23.9 Å². The zero-order valence-electron chi connectivity index (χ0n) is 14.3. The molecular formula is C19H27N3O2. The van der Waals surface area contributed by atoms with Crippen molar-refractivity contribution in [1.29, 1.82) is 0 Å². The minimum atomic E-state index is -0.0949. The minimum absolute atomic E-state index is 0.0830. The second-order valence-corrected chi connectivity index (χ2v) is 7.33. The molecule has 2 bridgehead atoms. The molecular weight excluding hydrogens is 302 g/mol. The van der Waals surface area contributed by atoms with Crippen LogP contribution in [-0.2, 0) is 16.0 Å². The fourth-order valence-corrected chi connectivity index (χ4v) is 4.36. The molecule has 0 aromatic heterocycles. The summed E-state index contributed by atoms with van der Waals surface area (Å²) in [5, 5.41) is 6.00. The van der Waals surface area contributed by atoms with E-state index in [1.54, 1.807) is 0 Å². The van der Waals surface area contributed by atoms with E-state index in [-0.39, 0.29) is 11.8 Å². The predicted octanol–water partition coefficient (Wildman–Crippen LogP) is 2.21. The Morgan fingerprint density at radius 3 is 2.33 bits per heavy atom. The largest absolute Gasteiger partial charge is 0.353 e. The molecule has 0 radical (unpaired) electrons. The summed E-state index contributed by atoms with van der Waals surface area (Å²) in [6.45, 7) is 1.48. The number of nitrogens with two attached hydrogens (primary N) is 1.